The van der Waals surface area contributed by atoms with Crippen molar-refractivity contribution in [2.75, 3.05) is 4.90 Å². The van der Waals surface area contributed by atoms with Crippen molar-refractivity contribution in [1.29, 1.82) is 0 Å². The monoisotopic (exact) mass is 483 g/mol. The molecule has 36 heavy (non-hydrogen) atoms. The van der Waals surface area contributed by atoms with Gasteiger partial charge in [0, 0.05) is 37.2 Å². The van der Waals surface area contributed by atoms with Crippen molar-refractivity contribution >= 4 is 59.3 Å². The second-order valence-corrected chi connectivity index (χ2v) is 11.1. The summed E-state index contributed by atoms with van der Waals surface area (Å²) >= 11 is 1.89. The fraction of sp³-hybridized carbons (Fsp3) is 0.176. The maximum Gasteiger partial charge on any atom is 0.0476 e. The minimum absolute atomic E-state index is 0.725. The number of nitrogens with zero attached hydrogens (tertiary/aromatic N) is 1. The van der Waals surface area contributed by atoms with Gasteiger partial charge in [0.1, 0.15) is 0 Å². The third-order valence-electron chi connectivity index (χ3n) is 7.85. The van der Waals surface area contributed by atoms with Crippen molar-refractivity contribution in [2.24, 2.45) is 0 Å². The number of hydrogen-bond donors (Lipinski definition) is 0. The van der Waals surface area contributed by atoms with Crippen molar-refractivity contribution in [3.8, 4) is 0 Å². The van der Waals surface area contributed by atoms with E-state index in [9.17, 15) is 0 Å². The van der Waals surface area contributed by atoms with Crippen LogP contribution in [-0.2, 0) is 0 Å². The molecule has 0 atom stereocenters. The van der Waals surface area contributed by atoms with Gasteiger partial charge in [-0.2, -0.15) is 0 Å². The van der Waals surface area contributed by atoms with Crippen LogP contribution >= 0.6 is 11.3 Å². The third kappa shape index (κ3) is 3.77. The Balaban J connectivity index is 1.35. The number of anilines is 3. The first kappa shape index (κ1) is 21.6. The van der Waals surface area contributed by atoms with Crippen molar-refractivity contribution < 1.29 is 0 Å². The van der Waals surface area contributed by atoms with Crippen LogP contribution in [0.25, 0.3) is 30.9 Å². The Bertz CT molecular complexity index is 1660. The van der Waals surface area contributed by atoms with E-state index in [0.717, 1.165) is 5.92 Å². The first-order valence-electron chi connectivity index (χ1n) is 13.1. The van der Waals surface area contributed by atoms with Crippen LogP contribution in [0.5, 0.6) is 0 Å². The second-order valence-electron chi connectivity index (χ2n) is 10.0. The zero-order chi connectivity index (χ0) is 23.9. The molecule has 1 heterocycles. The van der Waals surface area contributed by atoms with Gasteiger partial charge in [-0.05, 0) is 77.6 Å². The van der Waals surface area contributed by atoms with Gasteiger partial charge < -0.3 is 4.90 Å². The molecule has 0 radical (unpaired) electrons. The lowest BCUT2D eigenvalue weighted by Gasteiger charge is -2.27. The zero-order valence-electron chi connectivity index (χ0n) is 20.4. The molecule has 176 valence electrons. The van der Waals surface area contributed by atoms with E-state index in [0.29, 0.717) is 0 Å². The molecule has 0 amide bonds. The Morgan fingerprint density at radius 2 is 1.28 bits per heavy atom. The first-order chi connectivity index (χ1) is 17.8. The van der Waals surface area contributed by atoms with Gasteiger partial charge in [-0.15, -0.1) is 11.3 Å². The van der Waals surface area contributed by atoms with E-state index in [1.807, 2.05) is 11.3 Å². The smallest absolute Gasteiger partial charge is 0.0476 e. The van der Waals surface area contributed by atoms with E-state index in [4.69, 9.17) is 0 Å². The van der Waals surface area contributed by atoms with Gasteiger partial charge in [0.15, 0.2) is 0 Å². The molecule has 0 saturated heterocycles. The van der Waals surface area contributed by atoms with Gasteiger partial charge in [0.25, 0.3) is 0 Å². The highest BCUT2D eigenvalue weighted by atomic mass is 32.1. The summed E-state index contributed by atoms with van der Waals surface area (Å²) in [5, 5.41) is 5.36. The normalized spacial score (nSPS) is 14.6. The molecule has 1 fully saturated rings. The van der Waals surface area contributed by atoms with Crippen molar-refractivity contribution in [3.63, 3.8) is 0 Å². The Kier molecular flexibility index (Phi) is 5.48. The van der Waals surface area contributed by atoms with Crippen LogP contribution in [-0.4, -0.2) is 0 Å². The fourth-order valence-electron chi connectivity index (χ4n) is 6.03. The number of fused-ring (bicyclic) bond motifs is 5. The van der Waals surface area contributed by atoms with Crippen LogP contribution in [0.3, 0.4) is 0 Å². The van der Waals surface area contributed by atoms with Crippen LogP contribution < -0.4 is 4.90 Å². The molecule has 0 N–H and O–H groups in total. The molecule has 1 aliphatic carbocycles. The number of rotatable bonds is 4. The summed E-state index contributed by atoms with van der Waals surface area (Å²) in [6.45, 7) is 0. The standard InChI is InChI=1S/C34H29NS/c1-3-9-24(10-4-1)25-15-18-28(19-16-25)35(27-12-5-2-6-13-27)29-20-21-31-33(23-29)36-32-22-17-26-11-7-8-14-30(26)34(31)32/h2,5-8,11-24H,1,3-4,9-10H2. The lowest BCUT2D eigenvalue weighted by Crippen LogP contribution is -2.10. The van der Waals surface area contributed by atoms with Crippen molar-refractivity contribution in [1.82, 2.24) is 0 Å². The van der Waals surface area contributed by atoms with E-state index in [-0.39, 0.29) is 0 Å². The van der Waals surface area contributed by atoms with Gasteiger partial charge in [-0.25, -0.2) is 0 Å². The second kappa shape index (κ2) is 9.11. The summed E-state index contributed by atoms with van der Waals surface area (Å²) in [6, 6.07) is 40.4. The highest BCUT2D eigenvalue weighted by Gasteiger charge is 2.18. The molecule has 0 bridgehead atoms. The average molecular weight is 484 g/mol. The van der Waals surface area contributed by atoms with Crippen molar-refractivity contribution in [2.45, 2.75) is 38.0 Å². The van der Waals surface area contributed by atoms with E-state index >= 15 is 0 Å². The maximum atomic E-state index is 2.40. The Morgan fingerprint density at radius 3 is 2.11 bits per heavy atom. The van der Waals surface area contributed by atoms with E-state index in [1.54, 1.807) is 0 Å². The Labute approximate surface area is 216 Å². The average Bonchev–Trinajstić information content (AvgIpc) is 3.33. The van der Waals surface area contributed by atoms with Gasteiger partial charge in [0.2, 0.25) is 0 Å². The van der Waals surface area contributed by atoms with Gasteiger partial charge in [-0.3, -0.25) is 0 Å². The lowest BCUT2D eigenvalue weighted by molar-refractivity contribution is 0.443. The molecule has 1 aromatic heterocycles. The molecule has 6 aromatic rings. The Hall–Kier alpha value is -3.62. The molecule has 7 rings (SSSR count). The van der Waals surface area contributed by atoms with E-state index < -0.39 is 0 Å². The molecular weight excluding hydrogens is 454 g/mol. The summed E-state index contributed by atoms with van der Waals surface area (Å²) in [5.74, 6) is 0.725. The number of para-hydroxylation sites is 1. The predicted molar refractivity (Wildman–Crippen MR) is 157 cm³/mol. The summed E-state index contributed by atoms with van der Waals surface area (Å²) in [6.07, 6.45) is 6.80. The third-order valence-corrected chi connectivity index (χ3v) is 8.96. The first-order valence-corrected chi connectivity index (χ1v) is 14.0. The molecule has 1 saturated carbocycles. The fourth-order valence-corrected chi connectivity index (χ4v) is 7.18. The van der Waals surface area contributed by atoms with Gasteiger partial charge in [-0.1, -0.05) is 86.0 Å². The molecule has 0 unspecified atom stereocenters. The molecule has 0 aliphatic heterocycles. The van der Waals surface area contributed by atoms with Crippen LogP contribution in [0, 0.1) is 0 Å². The zero-order valence-corrected chi connectivity index (χ0v) is 21.2. The Morgan fingerprint density at radius 1 is 0.556 bits per heavy atom. The summed E-state index contributed by atoms with van der Waals surface area (Å²) in [7, 11) is 0. The predicted octanol–water partition coefficient (Wildman–Crippen LogP) is 10.7. The van der Waals surface area contributed by atoms with E-state index in [2.05, 4.69) is 114 Å². The summed E-state index contributed by atoms with van der Waals surface area (Å²) < 4.78 is 2.68. The molecule has 0 spiro atoms. The number of thiophene rings is 1. The molecule has 1 aliphatic rings. The summed E-state index contributed by atoms with van der Waals surface area (Å²) in [4.78, 5) is 2.40. The topological polar surface area (TPSA) is 3.24 Å². The number of benzene rings is 5. The SMILES string of the molecule is c1ccc(N(c2ccc(C3CCCCC3)cc2)c2ccc3c(c2)sc2ccc4ccccc4c23)cc1. The largest absolute Gasteiger partial charge is 0.310 e. The molecule has 1 nitrogen and oxygen atoms in total. The highest BCUT2D eigenvalue weighted by molar-refractivity contribution is 7.26. The van der Waals surface area contributed by atoms with Crippen LogP contribution in [0.2, 0.25) is 0 Å². The quantitative estimate of drug-likeness (QED) is 0.241. The molecular formula is C34H29NS. The van der Waals surface area contributed by atoms with Gasteiger partial charge >= 0.3 is 0 Å². The van der Waals surface area contributed by atoms with Crippen molar-refractivity contribution in [3.05, 3.63) is 115 Å². The van der Waals surface area contributed by atoms with Crippen LogP contribution in [0.1, 0.15) is 43.6 Å². The number of hydrogen-bond acceptors (Lipinski definition) is 2. The minimum atomic E-state index is 0.725. The molecule has 5 aromatic carbocycles. The van der Waals surface area contributed by atoms with E-state index in [1.165, 1.54) is 85.7 Å². The minimum Gasteiger partial charge on any atom is -0.310 e. The molecule has 2 heteroatoms. The van der Waals surface area contributed by atoms with Crippen LogP contribution in [0.15, 0.2) is 109 Å². The van der Waals surface area contributed by atoms with Gasteiger partial charge in [0.05, 0.1) is 0 Å². The highest BCUT2D eigenvalue weighted by Crippen LogP contribution is 2.43. The van der Waals surface area contributed by atoms with Crippen LogP contribution in [0.4, 0.5) is 17.1 Å². The maximum absolute atomic E-state index is 2.40. The summed E-state index contributed by atoms with van der Waals surface area (Å²) in [5.41, 5.74) is 5.11. The lowest BCUT2D eigenvalue weighted by atomic mass is 9.84.